The summed E-state index contributed by atoms with van der Waals surface area (Å²) in [5.41, 5.74) is 11.3. The van der Waals surface area contributed by atoms with E-state index in [2.05, 4.69) is 31.2 Å². The number of benzene rings is 4. The number of fused-ring (bicyclic) bond motifs is 3. The lowest BCUT2D eigenvalue weighted by atomic mass is 9.98. The molecule has 4 aromatic carbocycles. The van der Waals surface area contributed by atoms with E-state index in [-0.39, 0.29) is 37.5 Å². The molecule has 9 N–H and O–H groups in total. The number of ether oxygens (including phenoxy) is 1. The Labute approximate surface area is 338 Å². The van der Waals surface area contributed by atoms with E-state index in [0.29, 0.717) is 16.8 Å². The third-order valence-electron chi connectivity index (χ3n) is 9.89. The first-order chi connectivity index (χ1) is 28.4. The minimum Gasteiger partial charge on any atom is -0.508 e. The number of phenols is 1. The molecule has 0 radical (unpaired) electrons. The number of aromatic amines is 1. The number of hydrogen-bond donors (Lipinski definition) is 8. The minimum atomic E-state index is -1.74. The summed E-state index contributed by atoms with van der Waals surface area (Å²) in [4.78, 5) is 86.1. The van der Waals surface area contributed by atoms with Crippen molar-refractivity contribution >= 4 is 35.7 Å². The van der Waals surface area contributed by atoms with Gasteiger partial charge in [0.15, 0.2) is 0 Å². The van der Waals surface area contributed by atoms with Gasteiger partial charge in [0.1, 0.15) is 36.5 Å². The Morgan fingerprint density at radius 1 is 0.661 bits per heavy atom. The molecule has 0 unspecified atom stereocenters. The Kier molecular flexibility index (Phi) is 13.3. The summed E-state index contributed by atoms with van der Waals surface area (Å²) in [5.74, 6) is -5.36. The van der Waals surface area contributed by atoms with Crippen LogP contribution in [0, 0.1) is 0 Å². The van der Waals surface area contributed by atoms with E-state index in [9.17, 15) is 39.0 Å². The molecule has 0 bridgehead atoms. The maximum atomic E-state index is 14.0. The number of carboxylic acid groups (broad SMARTS) is 1. The van der Waals surface area contributed by atoms with E-state index in [1.807, 2.05) is 48.5 Å². The zero-order chi connectivity index (χ0) is 41.9. The van der Waals surface area contributed by atoms with E-state index in [1.54, 1.807) is 30.3 Å². The molecule has 1 aromatic heterocycles. The number of nitrogens with zero attached hydrogens (tertiary/aromatic N) is 1. The van der Waals surface area contributed by atoms with E-state index in [1.165, 1.54) is 36.8 Å². The van der Waals surface area contributed by atoms with Crippen molar-refractivity contribution < 1.29 is 43.7 Å². The van der Waals surface area contributed by atoms with Gasteiger partial charge in [0, 0.05) is 37.1 Å². The number of rotatable bonds is 18. The van der Waals surface area contributed by atoms with Gasteiger partial charge >= 0.3 is 12.1 Å². The first-order valence-electron chi connectivity index (χ1n) is 18.8. The molecule has 0 aliphatic heterocycles. The lowest BCUT2D eigenvalue weighted by Crippen LogP contribution is -2.59. The number of aromatic nitrogens is 2. The number of amides is 5. The van der Waals surface area contributed by atoms with Crippen molar-refractivity contribution in [2.75, 3.05) is 6.61 Å². The Balaban J connectivity index is 1.17. The first-order valence-corrected chi connectivity index (χ1v) is 18.8. The zero-order valence-electron chi connectivity index (χ0n) is 31.7. The fraction of sp³-hybridized carbons (Fsp3) is 0.233. The number of imidazole rings is 1. The van der Waals surface area contributed by atoms with E-state index in [4.69, 9.17) is 10.5 Å². The summed E-state index contributed by atoms with van der Waals surface area (Å²) in [6.07, 6.45) is 0.697. The number of carboxylic acids is 1. The molecule has 5 amide bonds. The molecular formula is C43H43N7O9. The van der Waals surface area contributed by atoms with Gasteiger partial charge in [0.2, 0.25) is 23.6 Å². The highest BCUT2D eigenvalue weighted by Crippen LogP contribution is 2.44. The highest BCUT2D eigenvalue weighted by Gasteiger charge is 2.34. The highest BCUT2D eigenvalue weighted by molar-refractivity contribution is 5.96. The van der Waals surface area contributed by atoms with E-state index < -0.39 is 66.3 Å². The highest BCUT2D eigenvalue weighted by atomic mass is 16.5. The van der Waals surface area contributed by atoms with Crippen LogP contribution in [0.1, 0.15) is 40.3 Å². The number of H-pyrrole nitrogens is 1. The molecule has 6 rings (SSSR count). The number of phenolic OH excluding ortho intramolecular Hbond substituents is 1. The number of nitrogens with two attached hydrogens (primary N) is 1. The number of carbonyl (C=O) groups excluding carboxylic acids is 5. The fourth-order valence-corrected chi connectivity index (χ4v) is 6.96. The first kappa shape index (κ1) is 41.2. The molecule has 304 valence electrons. The topological polar surface area (TPSA) is 255 Å². The standard InChI is InChI=1S/C43H43N7O9/c44-39(54)34(18-25-8-2-1-3-9-25)47-41(56)36(20-27-22-45-24-46-27)48-42(57)37(21-38(52)53)49-40(55)35(19-26-14-16-28(51)17-15-26)50-43(58)59-23-33-31-12-6-4-10-29(31)30-11-5-7-13-32(30)33/h1-17,22,24,33-37,51H,18-21,23H2,(H2,44,54)(H,45,46)(H,47,56)(H,48,57)(H,49,55)(H,50,58)(H,52,53)/t34-,35-,36-,37-/m0/s1. The van der Waals surface area contributed by atoms with Gasteiger partial charge in [-0.1, -0.05) is 91.0 Å². The molecule has 4 atom stereocenters. The van der Waals surface area contributed by atoms with Crippen molar-refractivity contribution in [3.05, 3.63) is 144 Å². The predicted octanol–water partition coefficient (Wildman–Crippen LogP) is 2.46. The van der Waals surface area contributed by atoms with Crippen LogP contribution in [-0.4, -0.2) is 86.6 Å². The summed E-state index contributed by atoms with van der Waals surface area (Å²) in [5, 5.41) is 29.7. The monoisotopic (exact) mass is 801 g/mol. The third kappa shape index (κ3) is 10.9. The minimum absolute atomic E-state index is 0.0339. The summed E-state index contributed by atoms with van der Waals surface area (Å²) in [7, 11) is 0. The molecule has 1 aliphatic rings. The molecule has 0 saturated heterocycles. The average molecular weight is 802 g/mol. The summed E-state index contributed by atoms with van der Waals surface area (Å²) in [6.45, 7) is -0.0564. The van der Waals surface area contributed by atoms with Gasteiger partial charge < -0.3 is 46.9 Å². The maximum absolute atomic E-state index is 14.0. The maximum Gasteiger partial charge on any atom is 0.407 e. The molecule has 16 heteroatoms. The van der Waals surface area contributed by atoms with Crippen molar-refractivity contribution in [1.29, 1.82) is 0 Å². The SMILES string of the molecule is NC(=O)[C@H](Cc1ccccc1)NC(=O)[C@H](Cc1cnc[nH]1)NC(=O)[C@H](CC(=O)O)NC(=O)[C@H](Cc1ccc(O)cc1)NC(=O)OCC1c2ccccc2-c2ccccc21. The van der Waals surface area contributed by atoms with Gasteiger partial charge in [0.25, 0.3) is 0 Å². The Morgan fingerprint density at radius 2 is 1.19 bits per heavy atom. The van der Waals surface area contributed by atoms with Crippen molar-refractivity contribution in [2.45, 2.75) is 55.8 Å². The summed E-state index contributed by atoms with van der Waals surface area (Å²) < 4.78 is 5.68. The number of aromatic hydroxyl groups is 1. The molecule has 0 saturated carbocycles. The Hall–Kier alpha value is -7.49. The largest absolute Gasteiger partial charge is 0.508 e. The van der Waals surface area contributed by atoms with Crippen LogP contribution in [0.4, 0.5) is 4.79 Å². The van der Waals surface area contributed by atoms with Crippen LogP contribution in [0.15, 0.2) is 116 Å². The van der Waals surface area contributed by atoms with Gasteiger partial charge in [0.05, 0.1) is 12.7 Å². The number of nitrogens with one attached hydrogen (secondary N) is 5. The Bertz CT molecular complexity index is 2240. The van der Waals surface area contributed by atoms with E-state index in [0.717, 1.165) is 22.3 Å². The third-order valence-corrected chi connectivity index (χ3v) is 9.89. The molecule has 59 heavy (non-hydrogen) atoms. The average Bonchev–Trinajstić information content (AvgIpc) is 3.86. The van der Waals surface area contributed by atoms with Crippen LogP contribution < -0.4 is 27.0 Å². The van der Waals surface area contributed by atoms with Crippen LogP contribution >= 0.6 is 0 Å². The van der Waals surface area contributed by atoms with Crippen LogP contribution in [-0.2, 0) is 48.0 Å². The molecule has 16 nitrogen and oxygen atoms in total. The fourth-order valence-electron chi connectivity index (χ4n) is 6.96. The van der Waals surface area contributed by atoms with Crippen LogP contribution in [0.25, 0.3) is 11.1 Å². The normalized spacial score (nSPS) is 13.7. The van der Waals surface area contributed by atoms with Crippen molar-refractivity contribution in [3.63, 3.8) is 0 Å². The molecule has 1 heterocycles. The lowest BCUT2D eigenvalue weighted by molar-refractivity contribution is -0.141. The van der Waals surface area contributed by atoms with Crippen molar-refractivity contribution in [1.82, 2.24) is 31.2 Å². The second-order valence-corrected chi connectivity index (χ2v) is 14.0. The van der Waals surface area contributed by atoms with Gasteiger partial charge in [-0.2, -0.15) is 0 Å². The van der Waals surface area contributed by atoms with Gasteiger partial charge in [-0.15, -0.1) is 0 Å². The van der Waals surface area contributed by atoms with Crippen LogP contribution in [0.5, 0.6) is 5.75 Å². The molecule has 0 fully saturated rings. The summed E-state index contributed by atoms with van der Waals surface area (Å²) >= 11 is 0. The summed E-state index contributed by atoms with van der Waals surface area (Å²) in [6, 6.07) is 24.5. The molecule has 0 spiro atoms. The van der Waals surface area contributed by atoms with Gasteiger partial charge in [-0.05, 0) is 45.5 Å². The molecule has 5 aromatic rings. The molecule has 1 aliphatic carbocycles. The van der Waals surface area contributed by atoms with Crippen LogP contribution in [0.2, 0.25) is 0 Å². The van der Waals surface area contributed by atoms with Gasteiger partial charge in [-0.3, -0.25) is 24.0 Å². The lowest BCUT2D eigenvalue weighted by Gasteiger charge is -2.25. The number of carbonyl (C=O) groups is 6. The van der Waals surface area contributed by atoms with Crippen LogP contribution in [0.3, 0.4) is 0 Å². The van der Waals surface area contributed by atoms with Crippen molar-refractivity contribution in [3.8, 4) is 16.9 Å². The number of aliphatic carboxylic acids is 1. The smallest absolute Gasteiger partial charge is 0.407 e. The predicted molar refractivity (Wildman–Crippen MR) is 213 cm³/mol. The second-order valence-electron chi connectivity index (χ2n) is 14.0. The number of primary amides is 1. The number of alkyl carbamates (subject to hydrolysis) is 1. The second kappa shape index (κ2) is 19.1. The Morgan fingerprint density at radius 3 is 1.78 bits per heavy atom. The number of hydrogen-bond acceptors (Lipinski definition) is 9. The van der Waals surface area contributed by atoms with Crippen molar-refractivity contribution in [2.24, 2.45) is 5.73 Å². The van der Waals surface area contributed by atoms with E-state index >= 15 is 0 Å². The molecular weight excluding hydrogens is 759 g/mol. The quantitative estimate of drug-likeness (QED) is 0.0643. The zero-order valence-corrected chi connectivity index (χ0v) is 31.7. The van der Waals surface area contributed by atoms with Gasteiger partial charge in [-0.25, -0.2) is 9.78 Å².